The number of rotatable bonds is 4. The summed E-state index contributed by atoms with van der Waals surface area (Å²) < 4.78 is 5.40. The van der Waals surface area contributed by atoms with Crippen LogP contribution in [0.3, 0.4) is 0 Å². The third-order valence-electron chi connectivity index (χ3n) is 4.36. The lowest BCUT2D eigenvalue weighted by molar-refractivity contribution is 0.264. The van der Waals surface area contributed by atoms with E-state index < -0.39 is 0 Å². The van der Waals surface area contributed by atoms with Gasteiger partial charge in [0.05, 0.1) is 6.04 Å². The third-order valence-corrected chi connectivity index (χ3v) is 4.36. The van der Waals surface area contributed by atoms with E-state index in [4.69, 9.17) is 4.52 Å². The molecular weight excluding hydrogens is 240 g/mol. The van der Waals surface area contributed by atoms with Crippen LogP contribution in [0.15, 0.2) is 4.52 Å². The van der Waals surface area contributed by atoms with Crippen LogP contribution in [0.5, 0.6) is 0 Å². The molecule has 1 aromatic heterocycles. The van der Waals surface area contributed by atoms with E-state index in [1.165, 1.54) is 25.9 Å². The van der Waals surface area contributed by atoms with Crippen LogP contribution in [-0.4, -0.2) is 40.7 Å². The topological polar surface area (TPSA) is 54.2 Å². The Balaban J connectivity index is 1.56. The molecule has 0 radical (unpaired) electrons. The van der Waals surface area contributed by atoms with Crippen LogP contribution in [0.2, 0.25) is 0 Å². The minimum absolute atomic E-state index is 0.289. The van der Waals surface area contributed by atoms with Gasteiger partial charge in [-0.05, 0) is 52.1 Å². The number of nitrogens with zero attached hydrogens (tertiary/aromatic N) is 3. The molecule has 2 fully saturated rings. The fourth-order valence-corrected chi connectivity index (χ4v) is 3.14. The zero-order chi connectivity index (χ0) is 13.2. The maximum absolute atomic E-state index is 5.40. The number of aromatic nitrogens is 2. The normalized spacial score (nSPS) is 28.6. The quantitative estimate of drug-likeness (QED) is 0.898. The summed E-state index contributed by atoms with van der Waals surface area (Å²) in [4.78, 5) is 7.10. The number of hydrogen-bond donors (Lipinski definition) is 1. The molecule has 0 amide bonds. The molecule has 2 aliphatic rings. The molecule has 2 saturated heterocycles. The average Bonchev–Trinajstić information content (AvgIpc) is 3.09. The monoisotopic (exact) mass is 264 g/mol. The molecular formula is C14H24N4O. The fourth-order valence-electron chi connectivity index (χ4n) is 3.14. The molecule has 0 aliphatic carbocycles. The number of nitrogens with one attached hydrogen (secondary N) is 1. The molecule has 5 heteroatoms. The molecule has 106 valence electrons. The van der Waals surface area contributed by atoms with Crippen molar-refractivity contribution in [3.05, 3.63) is 11.7 Å². The van der Waals surface area contributed by atoms with E-state index in [-0.39, 0.29) is 6.04 Å². The second kappa shape index (κ2) is 5.59. The second-order valence-corrected chi connectivity index (χ2v) is 6.15. The van der Waals surface area contributed by atoms with Crippen molar-refractivity contribution in [2.75, 3.05) is 19.6 Å². The predicted octanol–water partition coefficient (Wildman–Crippen LogP) is 1.77. The molecule has 0 aromatic carbocycles. The third kappa shape index (κ3) is 2.98. The number of hydrogen-bond acceptors (Lipinski definition) is 5. The van der Waals surface area contributed by atoms with Gasteiger partial charge in [-0.15, -0.1) is 0 Å². The van der Waals surface area contributed by atoms with E-state index >= 15 is 0 Å². The van der Waals surface area contributed by atoms with E-state index in [0.29, 0.717) is 12.0 Å². The minimum Gasteiger partial charge on any atom is -0.338 e. The highest BCUT2D eigenvalue weighted by atomic mass is 16.5. The van der Waals surface area contributed by atoms with Gasteiger partial charge >= 0.3 is 0 Å². The smallest absolute Gasteiger partial charge is 0.243 e. The maximum atomic E-state index is 5.40. The van der Waals surface area contributed by atoms with Crippen molar-refractivity contribution in [1.82, 2.24) is 20.4 Å². The van der Waals surface area contributed by atoms with E-state index in [1.54, 1.807) is 0 Å². The Hall–Kier alpha value is -0.940. The van der Waals surface area contributed by atoms with Crippen molar-refractivity contribution < 1.29 is 4.52 Å². The van der Waals surface area contributed by atoms with Crippen LogP contribution in [0.1, 0.15) is 50.9 Å². The average molecular weight is 264 g/mol. The van der Waals surface area contributed by atoms with Crippen molar-refractivity contribution in [3.8, 4) is 0 Å². The predicted molar refractivity (Wildman–Crippen MR) is 72.8 cm³/mol. The first-order valence-corrected chi connectivity index (χ1v) is 7.52. The lowest BCUT2D eigenvalue weighted by Crippen LogP contribution is -2.28. The molecule has 2 aliphatic heterocycles. The van der Waals surface area contributed by atoms with Crippen LogP contribution in [0, 0.1) is 5.92 Å². The van der Waals surface area contributed by atoms with Gasteiger partial charge in [-0.1, -0.05) is 5.16 Å². The fraction of sp³-hybridized carbons (Fsp3) is 0.857. The standard InChI is InChI=1S/C14H24N4O/c1-10(2)18-7-5-11(9-18)8-13-16-14(19-17-13)12-4-3-6-15-12/h10-12,15H,3-9H2,1-2H3. The molecule has 2 unspecified atom stereocenters. The van der Waals surface area contributed by atoms with Crippen molar-refractivity contribution in [3.63, 3.8) is 0 Å². The van der Waals surface area contributed by atoms with Crippen LogP contribution < -0.4 is 5.32 Å². The maximum Gasteiger partial charge on any atom is 0.243 e. The summed E-state index contributed by atoms with van der Waals surface area (Å²) in [6.07, 6.45) is 4.53. The van der Waals surface area contributed by atoms with Gasteiger partial charge in [0.25, 0.3) is 0 Å². The first-order chi connectivity index (χ1) is 9.22. The highest BCUT2D eigenvalue weighted by Crippen LogP contribution is 2.24. The Bertz CT molecular complexity index is 411. The molecule has 2 atom stereocenters. The second-order valence-electron chi connectivity index (χ2n) is 6.15. The first kappa shape index (κ1) is 13.1. The highest BCUT2D eigenvalue weighted by molar-refractivity contribution is 4.97. The SMILES string of the molecule is CC(C)N1CCC(Cc2noc(C3CCCN3)n2)C1. The molecule has 3 rings (SSSR count). The Labute approximate surface area is 114 Å². The summed E-state index contributed by atoms with van der Waals surface area (Å²) in [6.45, 7) is 7.97. The molecule has 1 N–H and O–H groups in total. The molecule has 1 aromatic rings. The van der Waals surface area contributed by atoms with Gasteiger partial charge in [0, 0.05) is 19.0 Å². The molecule has 3 heterocycles. The molecule has 19 heavy (non-hydrogen) atoms. The Kier molecular flexibility index (Phi) is 3.84. The van der Waals surface area contributed by atoms with E-state index in [2.05, 4.69) is 34.2 Å². The van der Waals surface area contributed by atoms with Crippen LogP contribution in [0.25, 0.3) is 0 Å². The largest absolute Gasteiger partial charge is 0.338 e. The van der Waals surface area contributed by atoms with E-state index in [0.717, 1.165) is 31.1 Å². The summed E-state index contributed by atoms with van der Waals surface area (Å²) in [6, 6.07) is 0.936. The van der Waals surface area contributed by atoms with Crippen molar-refractivity contribution in [2.45, 2.75) is 51.6 Å². The van der Waals surface area contributed by atoms with E-state index in [1.807, 2.05) is 0 Å². The van der Waals surface area contributed by atoms with Gasteiger partial charge in [0.2, 0.25) is 5.89 Å². The molecule has 0 bridgehead atoms. The molecule has 5 nitrogen and oxygen atoms in total. The number of likely N-dealkylation sites (tertiary alicyclic amines) is 1. The lowest BCUT2D eigenvalue weighted by atomic mass is 10.0. The molecule has 0 spiro atoms. The lowest BCUT2D eigenvalue weighted by Gasteiger charge is -2.19. The zero-order valence-corrected chi connectivity index (χ0v) is 11.9. The minimum atomic E-state index is 0.289. The van der Waals surface area contributed by atoms with Crippen LogP contribution >= 0.6 is 0 Å². The molecule has 0 saturated carbocycles. The summed E-state index contributed by atoms with van der Waals surface area (Å²) in [5.74, 6) is 2.36. The van der Waals surface area contributed by atoms with Gasteiger partial charge in [-0.2, -0.15) is 4.98 Å². The zero-order valence-electron chi connectivity index (χ0n) is 11.9. The van der Waals surface area contributed by atoms with Gasteiger partial charge in [0.15, 0.2) is 5.82 Å². The summed E-state index contributed by atoms with van der Waals surface area (Å²) in [7, 11) is 0. The van der Waals surface area contributed by atoms with Gasteiger partial charge in [0.1, 0.15) is 0 Å². The van der Waals surface area contributed by atoms with Gasteiger partial charge < -0.3 is 14.7 Å². The van der Waals surface area contributed by atoms with Gasteiger partial charge in [-0.3, -0.25) is 0 Å². The Morgan fingerprint density at radius 2 is 2.32 bits per heavy atom. The van der Waals surface area contributed by atoms with Gasteiger partial charge in [-0.25, -0.2) is 0 Å². The van der Waals surface area contributed by atoms with Crippen LogP contribution in [-0.2, 0) is 6.42 Å². The van der Waals surface area contributed by atoms with E-state index in [9.17, 15) is 0 Å². The van der Waals surface area contributed by atoms with Crippen molar-refractivity contribution in [1.29, 1.82) is 0 Å². The highest BCUT2D eigenvalue weighted by Gasteiger charge is 2.27. The summed E-state index contributed by atoms with van der Waals surface area (Å²) >= 11 is 0. The van der Waals surface area contributed by atoms with Crippen LogP contribution in [0.4, 0.5) is 0 Å². The summed E-state index contributed by atoms with van der Waals surface area (Å²) in [5, 5.41) is 7.55. The Morgan fingerprint density at radius 1 is 1.42 bits per heavy atom. The summed E-state index contributed by atoms with van der Waals surface area (Å²) in [5.41, 5.74) is 0. The van der Waals surface area contributed by atoms with Crippen molar-refractivity contribution in [2.24, 2.45) is 5.92 Å². The first-order valence-electron chi connectivity index (χ1n) is 7.52. The Morgan fingerprint density at radius 3 is 3.00 bits per heavy atom. The van der Waals surface area contributed by atoms with Crippen molar-refractivity contribution >= 4 is 0 Å².